The number of carbonyl (C=O) groups is 1. The number of benzene rings is 1. The zero-order chi connectivity index (χ0) is 15.9. The van der Waals surface area contributed by atoms with Crippen LogP contribution < -0.4 is 5.32 Å². The molecule has 5 heteroatoms. The van der Waals surface area contributed by atoms with Crippen LogP contribution in [0, 0.1) is 19.3 Å². The highest BCUT2D eigenvalue weighted by Gasteiger charge is 2.49. The molecule has 1 fully saturated rings. The Kier molecular flexibility index (Phi) is 3.53. The molecule has 3 rings (SSSR count). The van der Waals surface area contributed by atoms with Gasteiger partial charge in [0.2, 0.25) is 0 Å². The number of nitrogens with one attached hydrogen (secondary N) is 1. The molecular formula is C17H20N2O3. The molecule has 1 aliphatic rings. The Labute approximate surface area is 129 Å². The van der Waals surface area contributed by atoms with Gasteiger partial charge in [0.15, 0.2) is 0 Å². The molecule has 2 aromatic rings. The summed E-state index contributed by atoms with van der Waals surface area (Å²) < 4.78 is 0. The number of aliphatic hydroxyl groups excluding tert-OH is 1. The number of hydrogen-bond donors (Lipinski definition) is 3. The van der Waals surface area contributed by atoms with Crippen LogP contribution in [0.4, 0.5) is 5.69 Å². The van der Waals surface area contributed by atoms with Crippen LogP contribution in [-0.4, -0.2) is 33.8 Å². The maximum absolute atomic E-state index is 11.5. The van der Waals surface area contributed by atoms with Crippen LogP contribution in [0.5, 0.6) is 0 Å². The highest BCUT2D eigenvalue weighted by atomic mass is 16.4. The van der Waals surface area contributed by atoms with E-state index in [0.717, 1.165) is 27.8 Å². The summed E-state index contributed by atoms with van der Waals surface area (Å²) in [7, 11) is 0. The van der Waals surface area contributed by atoms with Crippen molar-refractivity contribution in [1.82, 2.24) is 4.98 Å². The minimum absolute atomic E-state index is 0.302. The molecule has 116 valence electrons. The number of rotatable bonds is 4. The van der Waals surface area contributed by atoms with Gasteiger partial charge in [-0.05, 0) is 38.3 Å². The third-order valence-corrected chi connectivity index (χ3v) is 4.69. The maximum atomic E-state index is 11.5. The van der Waals surface area contributed by atoms with E-state index in [4.69, 9.17) is 0 Å². The number of nitrogens with zero attached hydrogens (tertiary/aromatic N) is 1. The van der Waals surface area contributed by atoms with Gasteiger partial charge in [-0.15, -0.1) is 0 Å². The lowest BCUT2D eigenvalue weighted by Crippen LogP contribution is -2.51. The Bertz CT molecular complexity index is 736. The van der Waals surface area contributed by atoms with Crippen molar-refractivity contribution in [3.05, 3.63) is 35.5 Å². The first kappa shape index (κ1) is 14.8. The number of aliphatic carboxylic acids is 1. The Morgan fingerprint density at radius 2 is 2.05 bits per heavy atom. The summed E-state index contributed by atoms with van der Waals surface area (Å²) >= 11 is 0. The maximum Gasteiger partial charge on any atom is 0.311 e. The Balaban J connectivity index is 1.94. The fraction of sp³-hybridized carbons (Fsp3) is 0.412. The molecule has 3 N–H and O–H groups in total. The van der Waals surface area contributed by atoms with Gasteiger partial charge in [0.25, 0.3) is 0 Å². The number of pyridine rings is 1. The van der Waals surface area contributed by atoms with E-state index in [1.165, 1.54) is 0 Å². The first-order valence-electron chi connectivity index (χ1n) is 7.44. The molecule has 0 unspecified atom stereocenters. The van der Waals surface area contributed by atoms with E-state index in [1.807, 2.05) is 38.1 Å². The Morgan fingerprint density at radius 3 is 2.68 bits per heavy atom. The lowest BCUT2D eigenvalue weighted by atomic mass is 9.66. The number of aliphatic hydroxyl groups is 1. The van der Waals surface area contributed by atoms with Crippen molar-refractivity contribution in [1.29, 1.82) is 0 Å². The smallest absolute Gasteiger partial charge is 0.311 e. The summed E-state index contributed by atoms with van der Waals surface area (Å²) in [6.45, 7) is 4.25. The predicted molar refractivity (Wildman–Crippen MR) is 85.0 cm³/mol. The SMILES string of the molecule is Cc1nc2ccccc2c(NCC2(C(=O)O)CC(O)C2)c1C. The van der Waals surface area contributed by atoms with E-state index in [0.29, 0.717) is 19.4 Å². The molecule has 1 aromatic heterocycles. The van der Waals surface area contributed by atoms with E-state index in [9.17, 15) is 15.0 Å². The molecule has 0 atom stereocenters. The molecule has 1 aromatic carbocycles. The first-order valence-corrected chi connectivity index (χ1v) is 7.44. The second-order valence-electron chi connectivity index (χ2n) is 6.22. The van der Waals surface area contributed by atoms with Crippen LogP contribution in [0.15, 0.2) is 24.3 Å². The van der Waals surface area contributed by atoms with Gasteiger partial charge >= 0.3 is 5.97 Å². The zero-order valence-electron chi connectivity index (χ0n) is 12.8. The highest BCUT2D eigenvalue weighted by molar-refractivity contribution is 5.93. The third-order valence-electron chi connectivity index (χ3n) is 4.69. The fourth-order valence-electron chi connectivity index (χ4n) is 3.15. The Morgan fingerprint density at radius 1 is 1.36 bits per heavy atom. The van der Waals surface area contributed by atoms with Crippen molar-refractivity contribution in [2.75, 3.05) is 11.9 Å². The van der Waals surface area contributed by atoms with E-state index in [2.05, 4.69) is 10.3 Å². The molecule has 0 aliphatic heterocycles. The second-order valence-corrected chi connectivity index (χ2v) is 6.22. The van der Waals surface area contributed by atoms with Crippen molar-refractivity contribution in [2.45, 2.75) is 32.8 Å². The zero-order valence-corrected chi connectivity index (χ0v) is 12.8. The van der Waals surface area contributed by atoms with Crippen molar-refractivity contribution in [2.24, 2.45) is 5.41 Å². The number of aryl methyl sites for hydroxylation is 1. The topological polar surface area (TPSA) is 82.5 Å². The average molecular weight is 300 g/mol. The molecule has 0 radical (unpaired) electrons. The molecule has 1 aliphatic carbocycles. The van der Waals surface area contributed by atoms with E-state index in [-0.39, 0.29) is 0 Å². The van der Waals surface area contributed by atoms with Crippen LogP contribution >= 0.6 is 0 Å². The molecule has 0 spiro atoms. The van der Waals surface area contributed by atoms with Crippen molar-refractivity contribution < 1.29 is 15.0 Å². The van der Waals surface area contributed by atoms with Gasteiger partial charge in [0.05, 0.1) is 17.0 Å². The van der Waals surface area contributed by atoms with Gasteiger partial charge in [-0.3, -0.25) is 9.78 Å². The van der Waals surface area contributed by atoms with Gasteiger partial charge < -0.3 is 15.5 Å². The Hall–Kier alpha value is -2.14. The monoisotopic (exact) mass is 300 g/mol. The first-order chi connectivity index (χ1) is 10.4. The number of fused-ring (bicyclic) bond motifs is 1. The number of anilines is 1. The summed E-state index contributed by atoms with van der Waals surface area (Å²) in [5, 5.41) is 23.3. The molecule has 22 heavy (non-hydrogen) atoms. The number of aromatic nitrogens is 1. The molecule has 5 nitrogen and oxygen atoms in total. The second kappa shape index (κ2) is 5.25. The summed E-state index contributed by atoms with van der Waals surface area (Å²) in [6.07, 6.45) is 0.0992. The molecule has 0 bridgehead atoms. The van der Waals surface area contributed by atoms with Crippen LogP contribution in [0.25, 0.3) is 10.9 Å². The summed E-state index contributed by atoms with van der Waals surface area (Å²) in [4.78, 5) is 16.1. The summed E-state index contributed by atoms with van der Waals surface area (Å²) in [6, 6.07) is 7.83. The minimum atomic E-state index is -0.871. The lowest BCUT2D eigenvalue weighted by Gasteiger charge is -2.42. The lowest BCUT2D eigenvalue weighted by molar-refractivity contribution is -0.161. The van der Waals surface area contributed by atoms with Gasteiger partial charge in [-0.25, -0.2) is 0 Å². The highest BCUT2D eigenvalue weighted by Crippen LogP contribution is 2.42. The fourth-order valence-corrected chi connectivity index (χ4v) is 3.15. The van der Waals surface area contributed by atoms with Crippen molar-refractivity contribution in [3.8, 4) is 0 Å². The quantitative estimate of drug-likeness (QED) is 0.808. The number of hydrogen-bond acceptors (Lipinski definition) is 4. The number of carboxylic acids is 1. The molecule has 1 saturated carbocycles. The molecule has 0 saturated heterocycles. The van der Waals surface area contributed by atoms with E-state index < -0.39 is 17.5 Å². The standard InChI is InChI=1S/C17H20N2O3/c1-10-11(2)19-14-6-4-3-5-13(14)15(10)18-9-17(16(21)22)7-12(20)8-17/h3-6,12,20H,7-9H2,1-2H3,(H,18,19)(H,21,22). The van der Waals surface area contributed by atoms with Gasteiger partial charge in [0, 0.05) is 23.3 Å². The van der Waals surface area contributed by atoms with E-state index >= 15 is 0 Å². The summed E-state index contributed by atoms with van der Waals surface area (Å²) in [5.41, 5.74) is 2.92. The third kappa shape index (κ3) is 2.31. The van der Waals surface area contributed by atoms with Crippen LogP contribution in [0.1, 0.15) is 24.1 Å². The average Bonchev–Trinajstić information content (AvgIpc) is 2.45. The van der Waals surface area contributed by atoms with Crippen LogP contribution in [-0.2, 0) is 4.79 Å². The molecule has 1 heterocycles. The predicted octanol–water partition coefficient (Wildman–Crippen LogP) is 2.49. The number of para-hydroxylation sites is 1. The number of carboxylic acid groups (broad SMARTS) is 1. The molecular weight excluding hydrogens is 280 g/mol. The largest absolute Gasteiger partial charge is 0.481 e. The van der Waals surface area contributed by atoms with Crippen LogP contribution in [0.2, 0.25) is 0 Å². The van der Waals surface area contributed by atoms with Gasteiger partial charge in [0.1, 0.15) is 0 Å². The van der Waals surface area contributed by atoms with Gasteiger partial charge in [-0.1, -0.05) is 18.2 Å². The van der Waals surface area contributed by atoms with E-state index in [1.54, 1.807) is 0 Å². The minimum Gasteiger partial charge on any atom is -0.481 e. The van der Waals surface area contributed by atoms with Gasteiger partial charge in [-0.2, -0.15) is 0 Å². The van der Waals surface area contributed by atoms with Crippen molar-refractivity contribution in [3.63, 3.8) is 0 Å². The van der Waals surface area contributed by atoms with Crippen molar-refractivity contribution >= 4 is 22.6 Å². The molecule has 0 amide bonds. The van der Waals surface area contributed by atoms with Crippen LogP contribution in [0.3, 0.4) is 0 Å². The normalized spacial score (nSPS) is 24.0. The summed E-state index contributed by atoms with van der Waals surface area (Å²) in [5.74, 6) is -0.849.